The minimum Gasteiger partial charge on any atom is -0.328 e. The number of carbonyl (C=O) groups excluding carboxylic acids is 2. The second-order valence-corrected chi connectivity index (χ2v) is 9.28. The van der Waals surface area contributed by atoms with Crippen molar-refractivity contribution in [2.45, 2.75) is 37.5 Å². The molecule has 0 radical (unpaired) electrons. The van der Waals surface area contributed by atoms with Crippen molar-refractivity contribution < 1.29 is 9.59 Å². The number of thiazole rings is 1. The van der Waals surface area contributed by atoms with Gasteiger partial charge in [-0.15, -0.1) is 28.1 Å². The Bertz CT molecular complexity index is 1110. The number of hydrogen-bond acceptors (Lipinski definition) is 7. The Hall–Kier alpha value is -2.98. The Morgan fingerprint density at radius 2 is 2.25 bits per heavy atom. The number of thioether (sulfide) groups is 1. The molecule has 1 aliphatic rings. The van der Waals surface area contributed by atoms with Gasteiger partial charge in [0.25, 0.3) is 5.91 Å². The van der Waals surface area contributed by atoms with E-state index in [1.165, 1.54) is 23.1 Å². The standard InChI is InChI=1S/C22H24N6O2S2/c1-3-10-28-19(25-26-22(28)32-14-18(29)24-21-23-9-12-31-21)17-8-5-11-27(17)20(30)16-7-4-6-15(2)13-16/h3-4,6-7,9,12-13,17H,1,5,8,10-11,14H2,2H3,(H,23,24,29). The topological polar surface area (TPSA) is 93.0 Å². The van der Waals surface area contributed by atoms with Crippen molar-refractivity contribution in [2.75, 3.05) is 17.6 Å². The first-order chi connectivity index (χ1) is 15.6. The third-order valence-corrected chi connectivity index (χ3v) is 6.80. The predicted octanol–water partition coefficient (Wildman–Crippen LogP) is 3.94. The fourth-order valence-electron chi connectivity index (χ4n) is 3.75. The quantitative estimate of drug-likeness (QED) is 0.398. The fraction of sp³-hybridized carbons (Fsp3) is 0.318. The highest BCUT2D eigenvalue weighted by molar-refractivity contribution is 7.99. The van der Waals surface area contributed by atoms with E-state index >= 15 is 0 Å². The molecule has 10 heteroatoms. The molecule has 3 aromatic rings. The number of benzene rings is 1. The molecule has 8 nitrogen and oxygen atoms in total. The molecule has 166 valence electrons. The van der Waals surface area contributed by atoms with E-state index in [1.54, 1.807) is 17.7 Å². The van der Waals surface area contributed by atoms with Gasteiger partial charge in [0.1, 0.15) is 0 Å². The van der Waals surface area contributed by atoms with Crippen molar-refractivity contribution in [3.8, 4) is 0 Å². The molecule has 1 aliphatic heterocycles. The summed E-state index contributed by atoms with van der Waals surface area (Å²) in [6, 6.07) is 7.48. The molecule has 4 rings (SSSR count). The van der Waals surface area contributed by atoms with E-state index in [2.05, 4.69) is 27.1 Å². The number of nitrogens with one attached hydrogen (secondary N) is 1. The summed E-state index contributed by atoms with van der Waals surface area (Å²) in [7, 11) is 0. The van der Waals surface area contributed by atoms with Crippen LogP contribution in [0, 0.1) is 6.92 Å². The second kappa shape index (κ2) is 10.1. The van der Waals surface area contributed by atoms with Crippen molar-refractivity contribution in [1.82, 2.24) is 24.6 Å². The van der Waals surface area contributed by atoms with Crippen molar-refractivity contribution in [2.24, 2.45) is 0 Å². The first-order valence-electron chi connectivity index (χ1n) is 10.3. The minimum atomic E-state index is -0.158. The van der Waals surface area contributed by atoms with Crippen LogP contribution in [0.2, 0.25) is 0 Å². The summed E-state index contributed by atoms with van der Waals surface area (Å²) in [5, 5.41) is 14.5. The number of hydrogen-bond donors (Lipinski definition) is 1. The van der Waals surface area contributed by atoms with Crippen LogP contribution in [0.25, 0.3) is 0 Å². The maximum atomic E-state index is 13.2. The smallest absolute Gasteiger partial charge is 0.254 e. The van der Waals surface area contributed by atoms with Gasteiger partial charge in [-0.05, 0) is 31.9 Å². The first-order valence-corrected chi connectivity index (χ1v) is 12.2. The molecule has 32 heavy (non-hydrogen) atoms. The Labute approximate surface area is 194 Å². The molecule has 0 saturated carbocycles. The third kappa shape index (κ3) is 4.91. The Morgan fingerprint density at radius 3 is 3.00 bits per heavy atom. The van der Waals surface area contributed by atoms with Gasteiger partial charge in [0.15, 0.2) is 16.1 Å². The van der Waals surface area contributed by atoms with Crippen LogP contribution in [0.4, 0.5) is 5.13 Å². The number of carbonyl (C=O) groups is 2. The van der Waals surface area contributed by atoms with Crippen LogP contribution < -0.4 is 5.32 Å². The summed E-state index contributed by atoms with van der Waals surface area (Å²) in [4.78, 5) is 31.4. The zero-order valence-corrected chi connectivity index (χ0v) is 19.4. The summed E-state index contributed by atoms with van der Waals surface area (Å²) >= 11 is 2.68. The monoisotopic (exact) mass is 468 g/mol. The summed E-state index contributed by atoms with van der Waals surface area (Å²) in [6.07, 6.45) is 5.14. The highest BCUT2D eigenvalue weighted by Gasteiger charge is 2.34. The van der Waals surface area contributed by atoms with Crippen LogP contribution in [0.15, 0.2) is 53.7 Å². The highest BCUT2D eigenvalue weighted by atomic mass is 32.2. The molecule has 1 saturated heterocycles. The van der Waals surface area contributed by atoms with Crippen LogP contribution in [-0.2, 0) is 11.3 Å². The van der Waals surface area contributed by atoms with Gasteiger partial charge in [0, 0.05) is 30.2 Å². The largest absolute Gasteiger partial charge is 0.328 e. The van der Waals surface area contributed by atoms with E-state index in [4.69, 9.17) is 0 Å². The molecular formula is C22H24N6O2S2. The molecule has 3 heterocycles. The SMILES string of the molecule is C=CCn1c(SCC(=O)Nc2nccs2)nnc1C1CCCN1C(=O)c1cccc(C)c1. The van der Waals surface area contributed by atoms with Crippen LogP contribution in [0.1, 0.15) is 40.6 Å². The van der Waals surface area contributed by atoms with E-state index < -0.39 is 0 Å². The van der Waals surface area contributed by atoms with E-state index in [9.17, 15) is 9.59 Å². The maximum Gasteiger partial charge on any atom is 0.254 e. The van der Waals surface area contributed by atoms with Gasteiger partial charge in [0.05, 0.1) is 11.8 Å². The average Bonchev–Trinajstić information content (AvgIpc) is 3.53. The normalized spacial score (nSPS) is 15.7. The van der Waals surface area contributed by atoms with Gasteiger partial charge in [0.2, 0.25) is 5.91 Å². The molecule has 1 unspecified atom stereocenters. The first kappa shape index (κ1) is 22.2. The average molecular weight is 469 g/mol. The molecular weight excluding hydrogens is 444 g/mol. The molecule has 2 amide bonds. The van der Waals surface area contributed by atoms with E-state index in [1.807, 2.05) is 40.7 Å². The fourth-order valence-corrected chi connectivity index (χ4v) is 5.05. The Balaban J connectivity index is 1.51. The lowest BCUT2D eigenvalue weighted by molar-refractivity contribution is -0.113. The van der Waals surface area contributed by atoms with E-state index in [-0.39, 0.29) is 23.6 Å². The summed E-state index contributed by atoms with van der Waals surface area (Å²) in [5.74, 6) is 0.759. The van der Waals surface area contributed by atoms with Crippen molar-refractivity contribution in [3.05, 3.63) is 65.4 Å². The molecule has 2 aromatic heterocycles. The summed E-state index contributed by atoms with van der Waals surface area (Å²) < 4.78 is 1.95. The van der Waals surface area contributed by atoms with E-state index in [0.717, 1.165) is 24.2 Å². The number of anilines is 1. The lowest BCUT2D eigenvalue weighted by atomic mass is 10.1. The van der Waals surface area contributed by atoms with Gasteiger partial charge >= 0.3 is 0 Å². The zero-order valence-electron chi connectivity index (χ0n) is 17.7. The number of likely N-dealkylation sites (tertiary alicyclic amines) is 1. The number of aromatic nitrogens is 4. The number of aryl methyl sites for hydroxylation is 1. The maximum absolute atomic E-state index is 13.2. The second-order valence-electron chi connectivity index (χ2n) is 7.44. The van der Waals surface area contributed by atoms with Crippen LogP contribution in [0.5, 0.6) is 0 Å². The van der Waals surface area contributed by atoms with Gasteiger partial charge in [-0.3, -0.25) is 9.59 Å². The van der Waals surface area contributed by atoms with Gasteiger partial charge in [-0.2, -0.15) is 0 Å². The molecule has 1 N–H and O–H groups in total. The number of amides is 2. The highest BCUT2D eigenvalue weighted by Crippen LogP contribution is 2.34. The Kier molecular flexibility index (Phi) is 7.01. The van der Waals surface area contributed by atoms with Gasteiger partial charge < -0.3 is 14.8 Å². The third-order valence-electron chi connectivity index (χ3n) is 5.14. The van der Waals surface area contributed by atoms with E-state index in [0.29, 0.717) is 28.9 Å². The summed E-state index contributed by atoms with van der Waals surface area (Å²) in [6.45, 7) is 7.01. The van der Waals surface area contributed by atoms with Crippen molar-refractivity contribution >= 4 is 40.0 Å². The van der Waals surface area contributed by atoms with Crippen molar-refractivity contribution in [1.29, 1.82) is 0 Å². The molecule has 0 bridgehead atoms. The molecule has 1 aromatic carbocycles. The molecule has 1 atom stereocenters. The molecule has 0 spiro atoms. The predicted molar refractivity (Wildman–Crippen MR) is 126 cm³/mol. The van der Waals surface area contributed by atoms with Crippen LogP contribution >= 0.6 is 23.1 Å². The van der Waals surface area contributed by atoms with Crippen molar-refractivity contribution in [3.63, 3.8) is 0 Å². The summed E-state index contributed by atoms with van der Waals surface area (Å²) in [5.41, 5.74) is 1.73. The molecule has 1 fully saturated rings. The van der Waals surface area contributed by atoms with Gasteiger partial charge in [-0.25, -0.2) is 4.98 Å². The number of allylic oxidation sites excluding steroid dienone is 1. The molecule has 0 aliphatic carbocycles. The number of rotatable bonds is 8. The lowest BCUT2D eigenvalue weighted by Crippen LogP contribution is -2.32. The van der Waals surface area contributed by atoms with Crippen LogP contribution in [-0.4, -0.2) is 48.8 Å². The number of nitrogens with zero attached hydrogens (tertiary/aromatic N) is 5. The van der Waals surface area contributed by atoms with Gasteiger partial charge in [-0.1, -0.05) is 35.5 Å². The zero-order chi connectivity index (χ0) is 22.5. The lowest BCUT2D eigenvalue weighted by Gasteiger charge is -2.25. The minimum absolute atomic E-state index is 0.00128. The Morgan fingerprint density at radius 1 is 1.38 bits per heavy atom. The van der Waals surface area contributed by atoms with Crippen LogP contribution in [0.3, 0.4) is 0 Å².